The topological polar surface area (TPSA) is 41.1 Å². The summed E-state index contributed by atoms with van der Waals surface area (Å²) in [5.74, 6) is 1.41. The first kappa shape index (κ1) is 12.9. The molecule has 3 heteroatoms. The van der Waals surface area contributed by atoms with E-state index in [9.17, 15) is 4.79 Å². The van der Waals surface area contributed by atoms with E-state index in [2.05, 4.69) is 17.6 Å². The molecule has 2 rings (SSSR count). The third-order valence-electron chi connectivity index (χ3n) is 4.05. The van der Waals surface area contributed by atoms with E-state index in [4.69, 9.17) is 0 Å². The largest absolute Gasteiger partial charge is 0.356 e. The maximum atomic E-state index is 11.9. The molecule has 3 nitrogen and oxygen atoms in total. The lowest BCUT2D eigenvalue weighted by Gasteiger charge is -2.25. The lowest BCUT2D eigenvalue weighted by Crippen LogP contribution is -2.34. The molecule has 0 bridgehead atoms. The second kappa shape index (κ2) is 6.39. The van der Waals surface area contributed by atoms with Crippen LogP contribution >= 0.6 is 0 Å². The highest BCUT2D eigenvalue weighted by molar-refractivity contribution is 5.78. The van der Waals surface area contributed by atoms with Crippen molar-refractivity contribution >= 4 is 5.91 Å². The number of amides is 1. The molecule has 0 saturated heterocycles. The third kappa shape index (κ3) is 4.66. The summed E-state index contributed by atoms with van der Waals surface area (Å²) in [6.45, 7) is 4.18. The summed E-state index contributed by atoms with van der Waals surface area (Å²) in [7, 11) is 0. The summed E-state index contributed by atoms with van der Waals surface area (Å²) < 4.78 is 0. The molecule has 2 saturated carbocycles. The van der Waals surface area contributed by atoms with Gasteiger partial charge in [0, 0.05) is 18.5 Å². The quantitative estimate of drug-likeness (QED) is 0.696. The van der Waals surface area contributed by atoms with Gasteiger partial charge in [-0.2, -0.15) is 0 Å². The minimum Gasteiger partial charge on any atom is -0.356 e. The van der Waals surface area contributed by atoms with Crippen LogP contribution in [0.5, 0.6) is 0 Å². The lowest BCUT2D eigenvalue weighted by molar-refractivity contribution is -0.126. The van der Waals surface area contributed by atoms with Crippen LogP contribution in [0.15, 0.2) is 0 Å². The van der Waals surface area contributed by atoms with Crippen LogP contribution in [0.4, 0.5) is 0 Å². The van der Waals surface area contributed by atoms with Crippen LogP contribution in [0.3, 0.4) is 0 Å². The zero-order chi connectivity index (χ0) is 12.1. The second-order valence-electron chi connectivity index (χ2n) is 5.83. The molecule has 2 aliphatic carbocycles. The van der Waals surface area contributed by atoms with E-state index >= 15 is 0 Å². The Bertz CT molecular complexity index is 243. The van der Waals surface area contributed by atoms with Gasteiger partial charge in [-0.15, -0.1) is 0 Å². The molecule has 0 aromatic heterocycles. The number of carbonyl (C=O) groups is 1. The molecule has 0 spiro atoms. The van der Waals surface area contributed by atoms with E-state index in [1.807, 2.05) is 0 Å². The molecule has 0 radical (unpaired) electrons. The van der Waals surface area contributed by atoms with Crippen LogP contribution in [0, 0.1) is 11.8 Å². The average molecular weight is 238 g/mol. The summed E-state index contributed by atoms with van der Waals surface area (Å²) in [4.78, 5) is 11.9. The van der Waals surface area contributed by atoms with Crippen molar-refractivity contribution in [3.8, 4) is 0 Å². The highest BCUT2D eigenvalue weighted by Crippen LogP contribution is 2.28. The van der Waals surface area contributed by atoms with Gasteiger partial charge in [-0.25, -0.2) is 0 Å². The predicted octanol–water partition coefficient (Wildman–Crippen LogP) is 2.07. The van der Waals surface area contributed by atoms with E-state index in [1.54, 1.807) is 0 Å². The van der Waals surface area contributed by atoms with Crippen molar-refractivity contribution < 1.29 is 4.79 Å². The maximum absolute atomic E-state index is 11.9. The number of rotatable bonds is 6. The van der Waals surface area contributed by atoms with E-state index in [1.165, 1.54) is 25.7 Å². The summed E-state index contributed by atoms with van der Waals surface area (Å²) in [6, 6.07) is 0.783. The minimum absolute atomic E-state index is 0.294. The molecule has 0 aliphatic heterocycles. The van der Waals surface area contributed by atoms with Gasteiger partial charge in [0.1, 0.15) is 0 Å². The number of nitrogens with one attached hydrogen (secondary N) is 2. The predicted molar refractivity (Wildman–Crippen MR) is 69.8 cm³/mol. The highest BCUT2D eigenvalue weighted by atomic mass is 16.1. The van der Waals surface area contributed by atoms with Gasteiger partial charge in [0.15, 0.2) is 0 Å². The maximum Gasteiger partial charge on any atom is 0.223 e. The molecule has 2 fully saturated rings. The van der Waals surface area contributed by atoms with Crippen LogP contribution in [0.25, 0.3) is 0 Å². The summed E-state index contributed by atoms with van der Waals surface area (Å²) in [5.41, 5.74) is 0. The molecule has 0 aromatic carbocycles. The zero-order valence-electron chi connectivity index (χ0n) is 11.0. The van der Waals surface area contributed by atoms with E-state index < -0.39 is 0 Å². The van der Waals surface area contributed by atoms with Crippen LogP contribution in [-0.2, 0) is 4.79 Å². The SMILES string of the molecule is CC1CCC(C(=O)NCCCNC2CC2)CC1. The number of hydrogen-bond donors (Lipinski definition) is 2. The average Bonchev–Trinajstić information content (AvgIpc) is 3.13. The molecule has 0 heterocycles. The first-order chi connectivity index (χ1) is 8.25. The molecule has 0 atom stereocenters. The van der Waals surface area contributed by atoms with Crippen molar-refractivity contribution in [2.45, 2.75) is 57.9 Å². The van der Waals surface area contributed by atoms with Crippen LogP contribution in [-0.4, -0.2) is 25.0 Å². The standard InChI is InChI=1S/C14H26N2O/c1-11-3-5-12(6-4-11)14(17)16-10-2-9-15-13-7-8-13/h11-13,15H,2-10H2,1H3,(H,16,17). The Morgan fingerprint density at radius 2 is 1.76 bits per heavy atom. The molecule has 2 N–H and O–H groups in total. The van der Waals surface area contributed by atoms with Gasteiger partial charge in [-0.05, 0) is 57.4 Å². The normalized spacial score (nSPS) is 29.0. The van der Waals surface area contributed by atoms with Gasteiger partial charge in [0.2, 0.25) is 5.91 Å². The van der Waals surface area contributed by atoms with Gasteiger partial charge in [0.25, 0.3) is 0 Å². The Morgan fingerprint density at radius 1 is 1.06 bits per heavy atom. The summed E-state index contributed by atoms with van der Waals surface area (Å²) >= 11 is 0. The minimum atomic E-state index is 0.294. The van der Waals surface area contributed by atoms with E-state index in [-0.39, 0.29) is 0 Å². The number of hydrogen-bond acceptors (Lipinski definition) is 2. The van der Waals surface area contributed by atoms with Crippen molar-refractivity contribution in [1.82, 2.24) is 10.6 Å². The molecular formula is C14H26N2O. The van der Waals surface area contributed by atoms with E-state index in [0.717, 1.165) is 44.3 Å². The van der Waals surface area contributed by atoms with Gasteiger partial charge in [0.05, 0.1) is 0 Å². The summed E-state index contributed by atoms with van der Waals surface area (Å²) in [5, 5.41) is 6.55. The zero-order valence-corrected chi connectivity index (χ0v) is 11.0. The third-order valence-corrected chi connectivity index (χ3v) is 4.05. The van der Waals surface area contributed by atoms with Crippen molar-refractivity contribution in [2.24, 2.45) is 11.8 Å². The second-order valence-corrected chi connectivity index (χ2v) is 5.83. The van der Waals surface area contributed by atoms with Crippen LogP contribution in [0.1, 0.15) is 51.9 Å². The fraction of sp³-hybridized carbons (Fsp3) is 0.929. The molecule has 98 valence electrons. The Labute approximate surface area is 105 Å². The fourth-order valence-electron chi connectivity index (χ4n) is 2.56. The molecule has 17 heavy (non-hydrogen) atoms. The van der Waals surface area contributed by atoms with Crippen molar-refractivity contribution in [2.75, 3.05) is 13.1 Å². The molecular weight excluding hydrogens is 212 g/mol. The van der Waals surface area contributed by atoms with Crippen LogP contribution in [0.2, 0.25) is 0 Å². The summed E-state index contributed by atoms with van der Waals surface area (Å²) in [6.07, 6.45) is 8.37. The van der Waals surface area contributed by atoms with Gasteiger partial charge >= 0.3 is 0 Å². The first-order valence-corrected chi connectivity index (χ1v) is 7.27. The Balaban J connectivity index is 1.50. The Hall–Kier alpha value is -0.570. The fourth-order valence-corrected chi connectivity index (χ4v) is 2.56. The molecule has 0 unspecified atom stereocenters. The Morgan fingerprint density at radius 3 is 2.41 bits per heavy atom. The monoisotopic (exact) mass is 238 g/mol. The van der Waals surface area contributed by atoms with E-state index in [0.29, 0.717) is 11.8 Å². The van der Waals surface area contributed by atoms with Crippen molar-refractivity contribution in [3.63, 3.8) is 0 Å². The first-order valence-electron chi connectivity index (χ1n) is 7.27. The number of carbonyl (C=O) groups excluding carboxylic acids is 1. The molecule has 1 amide bonds. The van der Waals surface area contributed by atoms with Crippen molar-refractivity contribution in [3.05, 3.63) is 0 Å². The van der Waals surface area contributed by atoms with Gasteiger partial charge in [-0.1, -0.05) is 6.92 Å². The molecule has 2 aliphatic rings. The van der Waals surface area contributed by atoms with Crippen molar-refractivity contribution in [1.29, 1.82) is 0 Å². The highest BCUT2D eigenvalue weighted by Gasteiger charge is 2.24. The molecule has 0 aromatic rings. The van der Waals surface area contributed by atoms with Crippen LogP contribution < -0.4 is 10.6 Å². The Kier molecular flexibility index (Phi) is 4.84. The smallest absolute Gasteiger partial charge is 0.223 e. The van der Waals surface area contributed by atoms with Gasteiger partial charge in [-0.3, -0.25) is 4.79 Å². The van der Waals surface area contributed by atoms with Gasteiger partial charge < -0.3 is 10.6 Å². The lowest BCUT2D eigenvalue weighted by atomic mass is 9.82.